The standard InChI is InChI=1S/C8H5ClN2/c9-7-4-10-5-8-6(7)2-1-3-11-8/h1-5H. The normalized spacial score (nSPS) is 10.3. The van der Waals surface area contributed by atoms with Crippen molar-refractivity contribution in [3.8, 4) is 0 Å². The lowest BCUT2D eigenvalue weighted by atomic mass is 10.3. The Bertz CT molecular complexity index is 381. The molecule has 11 heavy (non-hydrogen) atoms. The first kappa shape index (κ1) is 6.55. The van der Waals surface area contributed by atoms with E-state index >= 15 is 0 Å². The zero-order valence-electron chi connectivity index (χ0n) is 5.66. The summed E-state index contributed by atoms with van der Waals surface area (Å²) in [6.45, 7) is 0. The van der Waals surface area contributed by atoms with Crippen LogP contribution in [0.1, 0.15) is 0 Å². The zero-order valence-corrected chi connectivity index (χ0v) is 6.42. The Hall–Kier alpha value is -1.15. The van der Waals surface area contributed by atoms with E-state index in [1.54, 1.807) is 18.6 Å². The van der Waals surface area contributed by atoms with Gasteiger partial charge < -0.3 is 0 Å². The summed E-state index contributed by atoms with van der Waals surface area (Å²) < 4.78 is 0. The van der Waals surface area contributed by atoms with E-state index in [2.05, 4.69) is 9.97 Å². The van der Waals surface area contributed by atoms with E-state index in [-0.39, 0.29) is 0 Å². The van der Waals surface area contributed by atoms with E-state index in [1.807, 2.05) is 12.1 Å². The average Bonchev–Trinajstić information content (AvgIpc) is 2.06. The largest absolute Gasteiger partial charge is 0.261 e. The fourth-order valence-corrected chi connectivity index (χ4v) is 1.18. The Morgan fingerprint density at radius 1 is 1.27 bits per heavy atom. The predicted octanol–water partition coefficient (Wildman–Crippen LogP) is 2.28. The lowest BCUT2D eigenvalue weighted by molar-refractivity contribution is 1.31. The van der Waals surface area contributed by atoms with Crippen molar-refractivity contribution in [2.75, 3.05) is 0 Å². The second-order valence-electron chi connectivity index (χ2n) is 2.19. The number of nitrogens with zero attached hydrogens (tertiary/aromatic N) is 2. The van der Waals surface area contributed by atoms with Crippen LogP contribution in [-0.4, -0.2) is 9.97 Å². The maximum absolute atomic E-state index is 5.85. The summed E-state index contributed by atoms with van der Waals surface area (Å²) in [5.74, 6) is 0. The van der Waals surface area contributed by atoms with E-state index < -0.39 is 0 Å². The van der Waals surface area contributed by atoms with Gasteiger partial charge in [0, 0.05) is 17.8 Å². The highest BCUT2D eigenvalue weighted by atomic mass is 35.5. The van der Waals surface area contributed by atoms with E-state index in [0.29, 0.717) is 5.02 Å². The lowest BCUT2D eigenvalue weighted by Crippen LogP contribution is -1.79. The number of fused-ring (bicyclic) bond motifs is 1. The van der Waals surface area contributed by atoms with Crippen LogP contribution in [0.25, 0.3) is 10.9 Å². The Morgan fingerprint density at radius 3 is 3.00 bits per heavy atom. The molecule has 0 radical (unpaired) electrons. The van der Waals surface area contributed by atoms with E-state index in [1.165, 1.54) is 0 Å². The highest BCUT2D eigenvalue weighted by molar-refractivity contribution is 6.35. The second kappa shape index (κ2) is 2.47. The van der Waals surface area contributed by atoms with Crippen LogP contribution in [-0.2, 0) is 0 Å². The second-order valence-corrected chi connectivity index (χ2v) is 2.60. The number of hydrogen-bond donors (Lipinski definition) is 0. The molecule has 0 spiro atoms. The highest BCUT2D eigenvalue weighted by Gasteiger charge is 1.96. The summed E-state index contributed by atoms with van der Waals surface area (Å²) in [5, 5.41) is 1.60. The molecule has 0 aliphatic carbocycles. The Kier molecular flexibility index (Phi) is 1.47. The van der Waals surface area contributed by atoms with Gasteiger partial charge in [-0.25, -0.2) is 0 Å². The first-order valence-corrected chi connectivity index (χ1v) is 3.60. The molecule has 0 unspecified atom stereocenters. The zero-order chi connectivity index (χ0) is 7.68. The molecule has 0 aliphatic heterocycles. The van der Waals surface area contributed by atoms with Crippen LogP contribution in [0.4, 0.5) is 0 Å². The molecule has 54 valence electrons. The van der Waals surface area contributed by atoms with Gasteiger partial charge in [0.1, 0.15) is 0 Å². The molecule has 2 nitrogen and oxygen atoms in total. The first-order valence-electron chi connectivity index (χ1n) is 3.22. The average molecular weight is 165 g/mol. The van der Waals surface area contributed by atoms with Crippen molar-refractivity contribution in [3.05, 3.63) is 35.7 Å². The van der Waals surface area contributed by atoms with Crippen LogP contribution in [0.15, 0.2) is 30.7 Å². The van der Waals surface area contributed by atoms with Gasteiger partial charge in [-0.05, 0) is 12.1 Å². The van der Waals surface area contributed by atoms with Gasteiger partial charge in [-0.15, -0.1) is 0 Å². The lowest BCUT2D eigenvalue weighted by Gasteiger charge is -1.95. The monoisotopic (exact) mass is 164 g/mol. The number of rotatable bonds is 0. The van der Waals surface area contributed by atoms with E-state index in [0.717, 1.165) is 10.9 Å². The molecule has 0 bridgehead atoms. The number of hydrogen-bond acceptors (Lipinski definition) is 2. The van der Waals surface area contributed by atoms with Crippen molar-refractivity contribution >= 4 is 22.5 Å². The van der Waals surface area contributed by atoms with Crippen LogP contribution in [0.3, 0.4) is 0 Å². The summed E-state index contributed by atoms with van der Waals surface area (Å²) in [4.78, 5) is 8.01. The summed E-state index contributed by atoms with van der Waals surface area (Å²) in [6, 6.07) is 3.78. The van der Waals surface area contributed by atoms with Gasteiger partial charge >= 0.3 is 0 Å². The number of pyridine rings is 2. The predicted molar refractivity (Wildman–Crippen MR) is 44.5 cm³/mol. The van der Waals surface area contributed by atoms with Crippen LogP contribution in [0.5, 0.6) is 0 Å². The molecule has 0 saturated heterocycles. The van der Waals surface area contributed by atoms with Gasteiger partial charge in [0.2, 0.25) is 0 Å². The summed E-state index contributed by atoms with van der Waals surface area (Å²) in [5.41, 5.74) is 0.833. The molecule has 0 N–H and O–H groups in total. The molecule has 0 amide bonds. The van der Waals surface area contributed by atoms with Crippen LogP contribution >= 0.6 is 11.6 Å². The maximum atomic E-state index is 5.85. The van der Waals surface area contributed by atoms with Gasteiger partial charge in [0.05, 0.1) is 16.7 Å². The fourth-order valence-electron chi connectivity index (χ4n) is 0.965. The molecular weight excluding hydrogens is 160 g/mol. The van der Waals surface area contributed by atoms with Crippen molar-refractivity contribution in [2.45, 2.75) is 0 Å². The summed E-state index contributed by atoms with van der Waals surface area (Å²) >= 11 is 5.85. The van der Waals surface area contributed by atoms with Gasteiger partial charge in [0.25, 0.3) is 0 Å². The van der Waals surface area contributed by atoms with E-state index in [9.17, 15) is 0 Å². The van der Waals surface area contributed by atoms with Crippen molar-refractivity contribution in [1.29, 1.82) is 0 Å². The molecule has 2 aromatic heterocycles. The van der Waals surface area contributed by atoms with E-state index in [4.69, 9.17) is 11.6 Å². The van der Waals surface area contributed by atoms with Crippen LogP contribution in [0.2, 0.25) is 5.02 Å². The number of aromatic nitrogens is 2. The molecule has 0 atom stereocenters. The molecule has 2 heterocycles. The van der Waals surface area contributed by atoms with Gasteiger partial charge in [-0.2, -0.15) is 0 Å². The Labute approximate surface area is 68.9 Å². The topological polar surface area (TPSA) is 25.8 Å². The molecule has 0 saturated carbocycles. The van der Waals surface area contributed by atoms with Crippen molar-refractivity contribution in [3.63, 3.8) is 0 Å². The molecule has 3 heteroatoms. The molecular formula is C8H5ClN2. The minimum atomic E-state index is 0.649. The highest BCUT2D eigenvalue weighted by Crippen LogP contribution is 2.18. The van der Waals surface area contributed by atoms with Crippen molar-refractivity contribution in [2.24, 2.45) is 0 Å². The Morgan fingerprint density at radius 2 is 2.18 bits per heavy atom. The third-order valence-electron chi connectivity index (χ3n) is 1.48. The minimum absolute atomic E-state index is 0.649. The summed E-state index contributed by atoms with van der Waals surface area (Å²) in [6.07, 6.45) is 5.03. The smallest absolute Gasteiger partial charge is 0.0900 e. The number of halogens is 1. The molecule has 2 aromatic rings. The molecule has 0 aliphatic rings. The van der Waals surface area contributed by atoms with Gasteiger partial charge in [-0.3, -0.25) is 9.97 Å². The Balaban J connectivity index is 2.91. The minimum Gasteiger partial charge on any atom is -0.261 e. The van der Waals surface area contributed by atoms with Gasteiger partial charge in [-0.1, -0.05) is 11.6 Å². The SMILES string of the molecule is Clc1cncc2ncccc12. The fraction of sp³-hybridized carbons (Fsp3) is 0. The maximum Gasteiger partial charge on any atom is 0.0900 e. The first-order chi connectivity index (χ1) is 5.38. The van der Waals surface area contributed by atoms with Gasteiger partial charge in [0.15, 0.2) is 0 Å². The summed E-state index contributed by atoms with van der Waals surface area (Å²) in [7, 11) is 0. The quantitative estimate of drug-likeness (QED) is 0.597. The molecule has 0 aromatic carbocycles. The van der Waals surface area contributed by atoms with Crippen molar-refractivity contribution in [1.82, 2.24) is 9.97 Å². The van der Waals surface area contributed by atoms with Crippen LogP contribution in [0, 0.1) is 0 Å². The van der Waals surface area contributed by atoms with Crippen LogP contribution < -0.4 is 0 Å². The molecule has 0 fully saturated rings. The molecule has 2 rings (SSSR count). The van der Waals surface area contributed by atoms with Crippen molar-refractivity contribution < 1.29 is 0 Å². The third-order valence-corrected chi connectivity index (χ3v) is 1.78. The third kappa shape index (κ3) is 1.05.